The van der Waals surface area contributed by atoms with Gasteiger partial charge in [-0.3, -0.25) is 4.21 Å². The predicted octanol–water partition coefficient (Wildman–Crippen LogP) is 0.932. The lowest BCUT2D eigenvalue weighted by Crippen LogP contribution is -2.18. The second-order valence-corrected chi connectivity index (χ2v) is 5.31. The van der Waals surface area contributed by atoms with E-state index in [1.54, 1.807) is 12.5 Å². The topological polar surface area (TPSA) is 46.9 Å². The highest BCUT2D eigenvalue weighted by Crippen LogP contribution is 2.08. The Bertz CT molecular complexity index is 340. The number of nitrogens with one attached hydrogen (secondary N) is 1. The Morgan fingerprint density at radius 3 is 2.93 bits per heavy atom. The largest absolute Gasteiger partial charge is 0.321 e. The van der Waals surface area contributed by atoms with Crippen molar-refractivity contribution in [1.29, 1.82) is 0 Å². The summed E-state index contributed by atoms with van der Waals surface area (Å²) in [6.07, 6.45) is 4.28. The van der Waals surface area contributed by atoms with Crippen LogP contribution in [0.3, 0.4) is 0 Å². The third kappa shape index (κ3) is 4.32. The lowest BCUT2D eigenvalue weighted by Gasteiger charge is -2.04. The molecule has 1 heterocycles. The molecule has 0 saturated heterocycles. The second kappa shape index (κ2) is 6.25. The van der Waals surface area contributed by atoms with Gasteiger partial charge in [0.1, 0.15) is 11.0 Å². The van der Waals surface area contributed by atoms with Crippen LogP contribution in [-0.2, 0) is 24.4 Å². The van der Waals surface area contributed by atoms with Gasteiger partial charge in [-0.2, -0.15) is 0 Å². The van der Waals surface area contributed by atoms with E-state index >= 15 is 0 Å². The number of imidazole rings is 1. The van der Waals surface area contributed by atoms with Gasteiger partial charge in [0.05, 0.1) is 12.7 Å². The predicted molar refractivity (Wildman–Crippen MR) is 63.5 cm³/mol. The number of hydrogen-bond donors (Lipinski definition) is 1. The zero-order chi connectivity index (χ0) is 11.3. The van der Waals surface area contributed by atoms with E-state index in [0.29, 0.717) is 11.7 Å². The summed E-state index contributed by atoms with van der Waals surface area (Å²) in [5, 5.41) is 3.88. The SMILES string of the molecule is Cn1c(Cl)cnc1CNCCCS(C)=O. The molecule has 4 nitrogen and oxygen atoms in total. The molecule has 86 valence electrons. The van der Waals surface area contributed by atoms with Crippen LogP contribution >= 0.6 is 11.6 Å². The molecule has 0 bridgehead atoms. The van der Waals surface area contributed by atoms with E-state index in [2.05, 4.69) is 10.3 Å². The van der Waals surface area contributed by atoms with E-state index in [4.69, 9.17) is 11.6 Å². The monoisotopic (exact) mass is 249 g/mol. The summed E-state index contributed by atoms with van der Waals surface area (Å²) < 4.78 is 12.6. The summed E-state index contributed by atoms with van der Waals surface area (Å²) in [7, 11) is 1.19. The molecule has 6 heteroatoms. The molecule has 1 rings (SSSR count). The van der Waals surface area contributed by atoms with Crippen molar-refractivity contribution in [2.75, 3.05) is 18.6 Å². The molecule has 1 N–H and O–H groups in total. The summed E-state index contributed by atoms with van der Waals surface area (Å²) in [4.78, 5) is 4.16. The van der Waals surface area contributed by atoms with Gasteiger partial charge in [-0.1, -0.05) is 11.6 Å². The van der Waals surface area contributed by atoms with Crippen LogP contribution in [0.2, 0.25) is 5.15 Å². The fourth-order valence-electron chi connectivity index (χ4n) is 1.19. The summed E-state index contributed by atoms with van der Waals surface area (Å²) >= 11 is 5.84. The fraction of sp³-hybridized carbons (Fsp3) is 0.667. The third-order valence-corrected chi connectivity index (χ3v) is 3.31. The van der Waals surface area contributed by atoms with E-state index in [9.17, 15) is 4.21 Å². The normalized spacial score (nSPS) is 13.0. The first-order valence-corrected chi connectivity index (χ1v) is 6.88. The average Bonchev–Trinajstić information content (AvgIpc) is 2.48. The molecule has 1 unspecified atom stereocenters. The van der Waals surface area contributed by atoms with E-state index in [0.717, 1.165) is 24.5 Å². The van der Waals surface area contributed by atoms with E-state index in [1.165, 1.54) is 0 Å². The second-order valence-electron chi connectivity index (χ2n) is 3.36. The maximum atomic E-state index is 10.8. The minimum absolute atomic E-state index is 0.640. The van der Waals surface area contributed by atoms with Crippen LogP contribution < -0.4 is 5.32 Å². The fourth-order valence-corrected chi connectivity index (χ4v) is 1.89. The average molecular weight is 250 g/mol. The molecule has 1 aromatic rings. The molecular weight excluding hydrogens is 234 g/mol. The summed E-state index contributed by atoms with van der Waals surface area (Å²) in [5.74, 6) is 1.66. The van der Waals surface area contributed by atoms with Gasteiger partial charge in [-0.15, -0.1) is 0 Å². The Kier molecular flexibility index (Phi) is 5.28. The van der Waals surface area contributed by atoms with Crippen LogP contribution in [0.25, 0.3) is 0 Å². The van der Waals surface area contributed by atoms with Crippen LogP contribution in [0.5, 0.6) is 0 Å². The highest BCUT2D eigenvalue weighted by Gasteiger charge is 2.02. The van der Waals surface area contributed by atoms with Crippen LogP contribution in [0.1, 0.15) is 12.2 Å². The van der Waals surface area contributed by atoms with Gasteiger partial charge in [0, 0.05) is 29.9 Å². The van der Waals surface area contributed by atoms with Crippen molar-refractivity contribution in [3.8, 4) is 0 Å². The van der Waals surface area contributed by atoms with Crippen molar-refractivity contribution in [2.24, 2.45) is 7.05 Å². The smallest absolute Gasteiger partial charge is 0.128 e. The zero-order valence-electron chi connectivity index (χ0n) is 8.99. The van der Waals surface area contributed by atoms with Gasteiger partial charge in [0.2, 0.25) is 0 Å². The molecular formula is C9H16ClN3OS. The first kappa shape index (κ1) is 12.7. The Morgan fingerprint density at radius 2 is 2.40 bits per heavy atom. The molecule has 0 amide bonds. The lowest BCUT2D eigenvalue weighted by molar-refractivity contribution is 0.628. The summed E-state index contributed by atoms with van der Waals surface area (Å²) in [6.45, 7) is 1.55. The van der Waals surface area contributed by atoms with Gasteiger partial charge >= 0.3 is 0 Å². The van der Waals surface area contributed by atoms with Crippen LogP contribution in [0.15, 0.2) is 6.20 Å². The molecule has 0 spiro atoms. The standard InChI is InChI=1S/C9H16ClN3OS/c1-13-8(10)6-12-9(13)7-11-4-3-5-15(2)14/h6,11H,3-5,7H2,1-2H3. The van der Waals surface area contributed by atoms with E-state index in [-0.39, 0.29) is 0 Å². The van der Waals surface area contributed by atoms with Crippen molar-refractivity contribution in [3.63, 3.8) is 0 Å². The Balaban J connectivity index is 2.20. The first-order chi connectivity index (χ1) is 7.11. The summed E-state index contributed by atoms with van der Waals surface area (Å²) in [6, 6.07) is 0. The maximum absolute atomic E-state index is 10.8. The van der Waals surface area contributed by atoms with Crippen molar-refractivity contribution < 1.29 is 4.21 Å². The van der Waals surface area contributed by atoms with Crippen LogP contribution in [-0.4, -0.2) is 32.3 Å². The van der Waals surface area contributed by atoms with E-state index < -0.39 is 10.8 Å². The Morgan fingerprint density at radius 1 is 1.67 bits per heavy atom. The van der Waals surface area contributed by atoms with Gasteiger partial charge < -0.3 is 9.88 Å². The number of halogens is 1. The molecule has 0 saturated carbocycles. The van der Waals surface area contributed by atoms with Gasteiger partial charge in [-0.05, 0) is 13.0 Å². The molecule has 1 atom stereocenters. The summed E-state index contributed by atoms with van der Waals surface area (Å²) in [5.41, 5.74) is 0. The molecule has 0 aliphatic carbocycles. The minimum Gasteiger partial charge on any atom is -0.321 e. The Labute approximate surface area is 97.5 Å². The highest BCUT2D eigenvalue weighted by molar-refractivity contribution is 7.84. The zero-order valence-corrected chi connectivity index (χ0v) is 10.6. The first-order valence-electron chi connectivity index (χ1n) is 4.78. The molecule has 0 aliphatic heterocycles. The quantitative estimate of drug-likeness (QED) is 0.763. The van der Waals surface area contributed by atoms with Gasteiger partial charge in [0.25, 0.3) is 0 Å². The molecule has 0 radical (unpaired) electrons. The van der Waals surface area contributed by atoms with Gasteiger partial charge in [0.15, 0.2) is 0 Å². The number of rotatable bonds is 6. The number of aromatic nitrogens is 2. The van der Waals surface area contributed by atoms with Crippen LogP contribution in [0, 0.1) is 0 Å². The Hall–Kier alpha value is -0.390. The molecule has 15 heavy (non-hydrogen) atoms. The van der Waals surface area contributed by atoms with Crippen molar-refractivity contribution >= 4 is 22.4 Å². The molecule has 0 aromatic carbocycles. The molecule has 1 aromatic heterocycles. The number of nitrogens with zero attached hydrogens (tertiary/aromatic N) is 2. The van der Waals surface area contributed by atoms with Crippen molar-refractivity contribution in [2.45, 2.75) is 13.0 Å². The van der Waals surface area contributed by atoms with Crippen molar-refractivity contribution in [3.05, 3.63) is 17.2 Å². The highest BCUT2D eigenvalue weighted by atomic mass is 35.5. The van der Waals surface area contributed by atoms with Crippen molar-refractivity contribution in [1.82, 2.24) is 14.9 Å². The number of hydrogen-bond acceptors (Lipinski definition) is 3. The maximum Gasteiger partial charge on any atom is 0.128 e. The lowest BCUT2D eigenvalue weighted by atomic mass is 10.4. The molecule has 0 fully saturated rings. The molecule has 0 aliphatic rings. The van der Waals surface area contributed by atoms with E-state index in [1.807, 2.05) is 11.6 Å². The van der Waals surface area contributed by atoms with Crippen LogP contribution in [0.4, 0.5) is 0 Å². The minimum atomic E-state index is -0.696. The van der Waals surface area contributed by atoms with Gasteiger partial charge in [-0.25, -0.2) is 4.98 Å². The third-order valence-electron chi connectivity index (χ3n) is 2.10.